The number of ether oxygens (including phenoxy) is 2. The summed E-state index contributed by atoms with van der Waals surface area (Å²) in [7, 11) is 0. The SMILES string of the molecule is CC(C)(C)OC(=O)N1CCOCC1C(=O)CC#N. The van der Waals surface area contributed by atoms with Gasteiger partial charge in [0.1, 0.15) is 11.6 Å². The highest BCUT2D eigenvalue weighted by Crippen LogP contribution is 2.15. The van der Waals surface area contributed by atoms with Crippen LogP contribution in [0.25, 0.3) is 0 Å². The van der Waals surface area contributed by atoms with Crippen molar-refractivity contribution in [1.29, 1.82) is 5.26 Å². The molecule has 1 saturated heterocycles. The normalized spacial score (nSPS) is 20.1. The molecule has 1 amide bonds. The van der Waals surface area contributed by atoms with Gasteiger partial charge in [-0.05, 0) is 20.8 Å². The molecule has 0 aromatic rings. The Kier molecular flexibility index (Phi) is 4.68. The largest absolute Gasteiger partial charge is 0.444 e. The highest BCUT2D eigenvalue weighted by Gasteiger charge is 2.34. The van der Waals surface area contributed by atoms with Crippen LogP contribution in [0.2, 0.25) is 0 Å². The zero-order chi connectivity index (χ0) is 13.8. The minimum atomic E-state index is -0.715. The van der Waals surface area contributed by atoms with Gasteiger partial charge in [0.15, 0.2) is 5.78 Å². The topological polar surface area (TPSA) is 79.6 Å². The lowest BCUT2D eigenvalue weighted by Gasteiger charge is -2.35. The first-order valence-electron chi connectivity index (χ1n) is 5.82. The van der Waals surface area contributed by atoms with Crippen LogP contribution in [0.1, 0.15) is 27.2 Å². The Morgan fingerprint density at radius 1 is 1.50 bits per heavy atom. The third-order valence-corrected chi connectivity index (χ3v) is 2.38. The van der Waals surface area contributed by atoms with Crippen LogP contribution < -0.4 is 0 Å². The van der Waals surface area contributed by atoms with Gasteiger partial charge in [-0.25, -0.2) is 4.79 Å². The molecule has 0 saturated carbocycles. The number of nitriles is 1. The average Bonchev–Trinajstić information content (AvgIpc) is 2.27. The molecule has 1 aliphatic heterocycles. The second-order valence-corrected chi connectivity index (χ2v) is 5.07. The van der Waals surface area contributed by atoms with Crippen LogP contribution in [0.4, 0.5) is 4.79 Å². The molecule has 0 radical (unpaired) electrons. The molecule has 0 bridgehead atoms. The Bertz CT molecular complexity index is 367. The average molecular weight is 254 g/mol. The number of rotatable bonds is 2. The minimum absolute atomic E-state index is 0.125. The Labute approximate surface area is 106 Å². The molecule has 1 atom stereocenters. The van der Waals surface area contributed by atoms with Crippen LogP contribution in [0, 0.1) is 11.3 Å². The van der Waals surface area contributed by atoms with Gasteiger partial charge < -0.3 is 9.47 Å². The summed E-state index contributed by atoms with van der Waals surface area (Å²) in [5.41, 5.74) is -0.613. The van der Waals surface area contributed by atoms with E-state index in [1.165, 1.54) is 4.90 Å². The molecule has 1 heterocycles. The molecule has 18 heavy (non-hydrogen) atoms. The first-order valence-corrected chi connectivity index (χ1v) is 5.82. The van der Waals surface area contributed by atoms with E-state index in [2.05, 4.69) is 0 Å². The van der Waals surface area contributed by atoms with Gasteiger partial charge in [0, 0.05) is 6.54 Å². The van der Waals surface area contributed by atoms with E-state index in [0.29, 0.717) is 13.2 Å². The summed E-state index contributed by atoms with van der Waals surface area (Å²) in [5.74, 6) is -0.317. The van der Waals surface area contributed by atoms with Gasteiger partial charge in [-0.15, -0.1) is 0 Å². The fourth-order valence-corrected chi connectivity index (χ4v) is 1.61. The molecule has 1 aliphatic rings. The van der Waals surface area contributed by atoms with E-state index >= 15 is 0 Å². The standard InChI is InChI=1S/C12H18N2O4/c1-12(2,3)18-11(16)14-6-7-17-8-9(14)10(15)4-5-13/h9H,4,6-8H2,1-3H3. The quantitative estimate of drug-likeness (QED) is 0.737. The first-order chi connectivity index (χ1) is 8.35. The molecular formula is C12H18N2O4. The molecule has 0 spiro atoms. The maximum absolute atomic E-state index is 11.9. The van der Waals surface area contributed by atoms with Crippen molar-refractivity contribution in [3.63, 3.8) is 0 Å². The highest BCUT2D eigenvalue weighted by molar-refractivity contribution is 5.89. The van der Waals surface area contributed by atoms with Crippen LogP contribution in [0.5, 0.6) is 0 Å². The van der Waals surface area contributed by atoms with Gasteiger partial charge in [-0.3, -0.25) is 9.69 Å². The van der Waals surface area contributed by atoms with E-state index in [9.17, 15) is 9.59 Å². The lowest BCUT2D eigenvalue weighted by molar-refractivity contribution is -0.129. The fraction of sp³-hybridized carbons (Fsp3) is 0.750. The van der Waals surface area contributed by atoms with Gasteiger partial charge >= 0.3 is 6.09 Å². The zero-order valence-corrected chi connectivity index (χ0v) is 10.9. The Balaban J connectivity index is 2.73. The molecule has 0 N–H and O–H groups in total. The third kappa shape index (κ3) is 4.00. The van der Waals surface area contributed by atoms with E-state index in [-0.39, 0.29) is 18.8 Å². The Morgan fingerprint density at radius 3 is 2.72 bits per heavy atom. The van der Waals surface area contributed by atoms with Crippen LogP contribution in [0.3, 0.4) is 0 Å². The van der Waals surface area contributed by atoms with Gasteiger partial charge in [-0.2, -0.15) is 5.26 Å². The van der Waals surface area contributed by atoms with Crippen LogP contribution in [-0.2, 0) is 14.3 Å². The molecule has 0 aliphatic carbocycles. The second kappa shape index (κ2) is 5.83. The zero-order valence-electron chi connectivity index (χ0n) is 10.9. The van der Waals surface area contributed by atoms with Crippen LogP contribution >= 0.6 is 0 Å². The highest BCUT2D eigenvalue weighted by atomic mass is 16.6. The number of hydrogen-bond acceptors (Lipinski definition) is 5. The van der Waals surface area contributed by atoms with E-state index in [1.807, 2.05) is 0 Å². The molecule has 0 aromatic heterocycles. The predicted molar refractivity (Wildman–Crippen MR) is 62.8 cm³/mol. The Hall–Kier alpha value is -1.61. The summed E-state index contributed by atoms with van der Waals surface area (Å²) in [6.45, 7) is 6.08. The van der Waals surface area contributed by atoms with Crippen molar-refractivity contribution in [2.45, 2.75) is 38.8 Å². The minimum Gasteiger partial charge on any atom is -0.444 e. The number of carbonyl (C=O) groups excluding carboxylic acids is 2. The summed E-state index contributed by atoms with van der Waals surface area (Å²) in [6, 6.07) is 1.07. The third-order valence-electron chi connectivity index (χ3n) is 2.38. The van der Waals surface area contributed by atoms with Gasteiger partial charge in [0.25, 0.3) is 0 Å². The summed E-state index contributed by atoms with van der Waals surface area (Å²) in [6.07, 6.45) is -0.769. The number of amides is 1. The van der Waals surface area contributed by atoms with Gasteiger partial charge in [-0.1, -0.05) is 0 Å². The summed E-state index contributed by atoms with van der Waals surface area (Å²) in [4.78, 5) is 25.0. The maximum Gasteiger partial charge on any atom is 0.411 e. The van der Waals surface area contributed by atoms with Crippen molar-refractivity contribution < 1.29 is 19.1 Å². The van der Waals surface area contributed by atoms with E-state index in [0.717, 1.165) is 0 Å². The molecular weight excluding hydrogens is 236 g/mol. The number of nitrogens with zero attached hydrogens (tertiary/aromatic N) is 2. The number of Topliss-reactive ketones (excluding diaryl/α,β-unsaturated/α-hetero) is 1. The summed E-state index contributed by atoms with van der Waals surface area (Å²) in [5, 5.41) is 8.53. The first kappa shape index (κ1) is 14.5. The van der Waals surface area contributed by atoms with Gasteiger partial charge in [0.05, 0.1) is 25.7 Å². The molecule has 100 valence electrons. The van der Waals surface area contributed by atoms with Crippen molar-refractivity contribution in [1.82, 2.24) is 4.90 Å². The van der Waals surface area contributed by atoms with E-state index in [1.54, 1.807) is 26.8 Å². The van der Waals surface area contributed by atoms with Crippen molar-refractivity contribution in [2.24, 2.45) is 0 Å². The van der Waals surface area contributed by atoms with Crippen LogP contribution in [-0.4, -0.2) is 48.2 Å². The summed E-state index contributed by atoms with van der Waals surface area (Å²) < 4.78 is 10.4. The molecule has 1 fully saturated rings. The molecule has 6 nitrogen and oxygen atoms in total. The van der Waals surface area contributed by atoms with Crippen molar-refractivity contribution in [3.05, 3.63) is 0 Å². The number of carbonyl (C=O) groups is 2. The molecule has 6 heteroatoms. The van der Waals surface area contributed by atoms with Gasteiger partial charge in [0.2, 0.25) is 0 Å². The molecule has 1 rings (SSSR count). The predicted octanol–water partition coefficient (Wildman–Crippen LogP) is 1.11. The van der Waals surface area contributed by atoms with Crippen LogP contribution in [0.15, 0.2) is 0 Å². The smallest absolute Gasteiger partial charge is 0.411 e. The van der Waals surface area contributed by atoms with Crippen molar-refractivity contribution in [2.75, 3.05) is 19.8 Å². The number of hydrogen-bond donors (Lipinski definition) is 0. The lowest BCUT2D eigenvalue weighted by atomic mass is 10.1. The second-order valence-electron chi connectivity index (χ2n) is 5.07. The fourth-order valence-electron chi connectivity index (χ4n) is 1.61. The summed E-state index contributed by atoms with van der Waals surface area (Å²) >= 11 is 0. The van der Waals surface area contributed by atoms with Crippen molar-refractivity contribution in [3.8, 4) is 6.07 Å². The lowest BCUT2D eigenvalue weighted by Crippen LogP contribution is -2.53. The van der Waals surface area contributed by atoms with Crippen molar-refractivity contribution >= 4 is 11.9 Å². The molecule has 1 unspecified atom stereocenters. The maximum atomic E-state index is 11.9. The Morgan fingerprint density at radius 2 is 2.17 bits per heavy atom. The number of ketones is 1. The van der Waals surface area contributed by atoms with E-state index in [4.69, 9.17) is 14.7 Å². The molecule has 0 aromatic carbocycles. The van der Waals surface area contributed by atoms with E-state index < -0.39 is 17.7 Å². The monoisotopic (exact) mass is 254 g/mol. The number of morpholine rings is 1.